The molecule has 11 heteroatoms. The van der Waals surface area contributed by atoms with E-state index in [1.807, 2.05) is 0 Å². The minimum absolute atomic E-state index is 0.242. The maximum atomic E-state index is 13.9. The minimum atomic E-state index is -5.03. The predicted octanol–water partition coefficient (Wildman–Crippen LogP) is 4.98. The van der Waals surface area contributed by atoms with Gasteiger partial charge in [0, 0.05) is 6.54 Å². The van der Waals surface area contributed by atoms with Crippen LogP contribution in [0.15, 0.2) is 54.7 Å². The van der Waals surface area contributed by atoms with E-state index in [2.05, 4.69) is 10.4 Å². The monoisotopic (exact) mass is 431 g/mol. The highest BCUT2D eigenvalue weighted by atomic mass is 19.4. The maximum Gasteiger partial charge on any atom is 0.434 e. The average Bonchev–Trinajstić information content (AvgIpc) is 3.11. The van der Waals surface area contributed by atoms with E-state index in [1.54, 1.807) is 0 Å². The molecule has 0 atom stereocenters. The normalized spacial score (nSPS) is 12.1. The van der Waals surface area contributed by atoms with Crippen LogP contribution in [0.4, 0.5) is 30.7 Å². The van der Waals surface area contributed by atoms with Crippen LogP contribution in [-0.2, 0) is 18.9 Å². The van der Waals surface area contributed by atoms with E-state index in [1.165, 1.54) is 12.1 Å². The molecule has 158 valence electrons. The molecule has 0 fully saturated rings. The third-order valence-electron chi connectivity index (χ3n) is 4.10. The Morgan fingerprint density at radius 3 is 2.13 bits per heavy atom. The summed E-state index contributed by atoms with van der Waals surface area (Å²) in [6.45, 7) is -0.320. The van der Waals surface area contributed by atoms with Gasteiger partial charge in [-0.15, -0.1) is 0 Å². The van der Waals surface area contributed by atoms with Gasteiger partial charge in [0.05, 0.1) is 17.3 Å². The van der Waals surface area contributed by atoms with Crippen LogP contribution in [0.2, 0.25) is 0 Å². The van der Waals surface area contributed by atoms with Crippen molar-refractivity contribution in [3.63, 3.8) is 0 Å². The molecule has 0 radical (unpaired) electrons. The Hall–Kier alpha value is -3.37. The molecule has 0 aliphatic rings. The zero-order chi connectivity index (χ0) is 22.1. The maximum absolute atomic E-state index is 13.9. The fraction of sp³-hybridized carbons (Fsp3) is 0.158. The van der Waals surface area contributed by atoms with Crippen molar-refractivity contribution in [2.45, 2.75) is 18.9 Å². The van der Waals surface area contributed by atoms with Gasteiger partial charge in [0.1, 0.15) is 11.5 Å². The van der Waals surface area contributed by atoms with Crippen LogP contribution in [0.1, 0.15) is 27.2 Å². The molecule has 0 unspecified atom stereocenters. The zero-order valence-electron chi connectivity index (χ0n) is 14.9. The van der Waals surface area contributed by atoms with Crippen molar-refractivity contribution in [1.29, 1.82) is 0 Å². The van der Waals surface area contributed by atoms with Crippen LogP contribution in [0.25, 0.3) is 5.69 Å². The van der Waals surface area contributed by atoms with Gasteiger partial charge in [0.15, 0.2) is 5.69 Å². The Labute approximate surface area is 164 Å². The minimum Gasteiger partial charge on any atom is -0.348 e. The summed E-state index contributed by atoms with van der Waals surface area (Å²) in [6, 6.07) is 8.38. The Morgan fingerprint density at radius 1 is 0.933 bits per heavy atom. The largest absolute Gasteiger partial charge is 0.434 e. The zero-order valence-corrected chi connectivity index (χ0v) is 14.9. The molecule has 0 aliphatic carbocycles. The van der Waals surface area contributed by atoms with Crippen LogP contribution < -0.4 is 5.32 Å². The Bertz CT molecular complexity index is 1050. The SMILES string of the molecule is O=C(NCc1ccc(C(F)(F)F)cc1)c1cnn(-c2ccccc2F)c1C(F)(F)F. The Morgan fingerprint density at radius 2 is 1.57 bits per heavy atom. The highest BCUT2D eigenvalue weighted by Crippen LogP contribution is 2.34. The molecule has 1 amide bonds. The van der Waals surface area contributed by atoms with Crippen LogP contribution in [0.5, 0.6) is 0 Å². The van der Waals surface area contributed by atoms with Gasteiger partial charge in [-0.05, 0) is 29.8 Å². The number of hydrogen-bond donors (Lipinski definition) is 1. The second kappa shape index (κ2) is 7.81. The van der Waals surface area contributed by atoms with Gasteiger partial charge >= 0.3 is 12.4 Å². The topological polar surface area (TPSA) is 46.9 Å². The number of nitrogens with one attached hydrogen (secondary N) is 1. The van der Waals surface area contributed by atoms with Crippen LogP contribution >= 0.6 is 0 Å². The molecule has 0 aliphatic heterocycles. The number of hydrogen-bond acceptors (Lipinski definition) is 2. The molecule has 4 nitrogen and oxygen atoms in total. The van der Waals surface area contributed by atoms with Crippen molar-refractivity contribution in [2.24, 2.45) is 0 Å². The number of halogens is 7. The van der Waals surface area contributed by atoms with E-state index in [0.717, 1.165) is 36.4 Å². The number of aromatic nitrogens is 2. The number of para-hydroxylation sites is 1. The number of carbonyl (C=O) groups excluding carboxylic acids is 1. The van der Waals surface area contributed by atoms with E-state index in [-0.39, 0.29) is 16.8 Å². The highest BCUT2D eigenvalue weighted by molar-refractivity contribution is 5.95. The Kier molecular flexibility index (Phi) is 5.55. The molecule has 0 saturated heterocycles. The lowest BCUT2D eigenvalue weighted by Crippen LogP contribution is -2.26. The first kappa shape index (κ1) is 21.3. The van der Waals surface area contributed by atoms with Crippen LogP contribution in [0.3, 0.4) is 0 Å². The molecule has 0 saturated carbocycles. The number of benzene rings is 2. The smallest absolute Gasteiger partial charge is 0.348 e. The van der Waals surface area contributed by atoms with E-state index < -0.39 is 46.6 Å². The third kappa shape index (κ3) is 4.44. The second-order valence-corrected chi connectivity index (χ2v) is 6.15. The molecular weight excluding hydrogens is 419 g/mol. The number of rotatable bonds is 4. The van der Waals surface area contributed by atoms with E-state index in [9.17, 15) is 35.5 Å². The highest BCUT2D eigenvalue weighted by Gasteiger charge is 2.41. The predicted molar refractivity (Wildman–Crippen MR) is 91.1 cm³/mol. The van der Waals surface area contributed by atoms with E-state index in [4.69, 9.17) is 0 Å². The van der Waals surface area contributed by atoms with Crippen LogP contribution in [-0.4, -0.2) is 15.7 Å². The summed E-state index contributed by atoms with van der Waals surface area (Å²) >= 11 is 0. The summed E-state index contributed by atoms with van der Waals surface area (Å²) in [6.07, 6.45) is -8.91. The third-order valence-corrected chi connectivity index (χ3v) is 4.10. The lowest BCUT2D eigenvalue weighted by molar-refractivity contribution is -0.143. The first-order valence-electron chi connectivity index (χ1n) is 8.33. The van der Waals surface area contributed by atoms with E-state index in [0.29, 0.717) is 6.20 Å². The summed E-state index contributed by atoms with van der Waals surface area (Å²) in [5.74, 6) is -2.13. The molecular formula is C19H12F7N3O. The number of nitrogens with zero attached hydrogens (tertiary/aromatic N) is 2. The molecule has 30 heavy (non-hydrogen) atoms. The standard InChI is InChI=1S/C19H12F7N3O/c20-14-3-1-2-4-15(14)29-16(19(24,25)26)13(10-28-29)17(30)27-9-11-5-7-12(8-6-11)18(21,22)23/h1-8,10H,9H2,(H,27,30). The summed E-state index contributed by atoms with van der Waals surface area (Å²) in [7, 11) is 0. The van der Waals surface area contributed by atoms with Gasteiger partial charge in [-0.1, -0.05) is 24.3 Å². The van der Waals surface area contributed by atoms with Gasteiger partial charge in [-0.3, -0.25) is 4.79 Å². The fourth-order valence-corrected chi connectivity index (χ4v) is 2.68. The molecule has 1 aromatic heterocycles. The first-order valence-corrected chi connectivity index (χ1v) is 8.33. The van der Waals surface area contributed by atoms with Gasteiger partial charge in [0.2, 0.25) is 0 Å². The molecule has 3 rings (SSSR count). The van der Waals surface area contributed by atoms with Gasteiger partial charge in [-0.2, -0.15) is 31.4 Å². The number of carbonyl (C=O) groups is 1. The number of alkyl halides is 6. The van der Waals surface area contributed by atoms with Crippen molar-refractivity contribution < 1.29 is 35.5 Å². The van der Waals surface area contributed by atoms with Crippen molar-refractivity contribution in [3.8, 4) is 5.69 Å². The summed E-state index contributed by atoms with van der Waals surface area (Å²) < 4.78 is 92.6. The average molecular weight is 431 g/mol. The quantitative estimate of drug-likeness (QED) is 0.593. The number of amides is 1. The molecule has 3 aromatic rings. The molecule has 1 heterocycles. The Balaban J connectivity index is 1.85. The van der Waals surface area contributed by atoms with Crippen molar-refractivity contribution in [2.75, 3.05) is 0 Å². The lowest BCUT2D eigenvalue weighted by atomic mass is 10.1. The van der Waals surface area contributed by atoms with Crippen molar-refractivity contribution in [3.05, 3.63) is 82.9 Å². The lowest BCUT2D eigenvalue weighted by Gasteiger charge is -2.13. The molecule has 0 bridgehead atoms. The molecule has 1 N–H and O–H groups in total. The van der Waals surface area contributed by atoms with Crippen molar-refractivity contribution >= 4 is 5.91 Å². The molecule has 2 aromatic carbocycles. The fourth-order valence-electron chi connectivity index (χ4n) is 2.68. The van der Waals surface area contributed by atoms with Gasteiger partial charge < -0.3 is 5.32 Å². The first-order chi connectivity index (χ1) is 14.0. The summed E-state index contributed by atoms with van der Waals surface area (Å²) in [4.78, 5) is 12.3. The van der Waals surface area contributed by atoms with Crippen LogP contribution in [0, 0.1) is 5.82 Å². The molecule has 0 spiro atoms. The summed E-state index contributed by atoms with van der Waals surface area (Å²) in [5, 5.41) is 5.70. The van der Waals surface area contributed by atoms with Crippen molar-refractivity contribution in [1.82, 2.24) is 15.1 Å². The second-order valence-electron chi connectivity index (χ2n) is 6.15. The van der Waals surface area contributed by atoms with E-state index >= 15 is 0 Å². The van der Waals surface area contributed by atoms with Gasteiger partial charge in [0.25, 0.3) is 5.91 Å². The van der Waals surface area contributed by atoms with Gasteiger partial charge in [-0.25, -0.2) is 9.07 Å². The summed E-state index contributed by atoms with van der Waals surface area (Å²) in [5.41, 5.74) is -3.48.